The van der Waals surface area contributed by atoms with Gasteiger partial charge in [0.15, 0.2) is 6.61 Å². The molecule has 2 amide bonds. The first-order chi connectivity index (χ1) is 15.1. The number of ether oxygens (including phenoxy) is 2. The Hall–Kier alpha value is -3.32. The molecule has 7 heteroatoms. The summed E-state index contributed by atoms with van der Waals surface area (Å²) in [4.78, 5) is 26.2. The van der Waals surface area contributed by atoms with Crippen molar-refractivity contribution in [3.63, 3.8) is 0 Å². The van der Waals surface area contributed by atoms with E-state index in [1.54, 1.807) is 12.1 Å². The molecule has 0 fully saturated rings. The van der Waals surface area contributed by atoms with Gasteiger partial charge in [0.2, 0.25) is 5.91 Å². The van der Waals surface area contributed by atoms with Gasteiger partial charge in [0.25, 0.3) is 5.91 Å². The van der Waals surface area contributed by atoms with E-state index < -0.39 is 0 Å². The molecule has 0 spiro atoms. The van der Waals surface area contributed by atoms with Crippen LogP contribution in [0, 0.1) is 0 Å². The van der Waals surface area contributed by atoms with Gasteiger partial charge in [-0.1, -0.05) is 58.4 Å². The minimum Gasteiger partial charge on any atom is -0.489 e. The summed E-state index contributed by atoms with van der Waals surface area (Å²) in [5, 5.41) is 2.87. The Morgan fingerprint density at radius 2 is 1.84 bits per heavy atom. The number of halogens is 1. The topological polar surface area (TPSA) is 67.9 Å². The summed E-state index contributed by atoms with van der Waals surface area (Å²) in [6.07, 6.45) is 0. The molecule has 1 aliphatic rings. The summed E-state index contributed by atoms with van der Waals surface area (Å²) in [7, 11) is 0. The lowest BCUT2D eigenvalue weighted by Gasteiger charge is -2.29. The third-order valence-electron chi connectivity index (χ3n) is 4.80. The Balaban J connectivity index is 1.33. The number of carbonyl (C=O) groups excluding carboxylic acids is 2. The second kappa shape index (κ2) is 9.66. The van der Waals surface area contributed by atoms with Crippen LogP contribution in [0.15, 0.2) is 77.3 Å². The molecule has 3 aromatic rings. The van der Waals surface area contributed by atoms with Gasteiger partial charge in [-0.3, -0.25) is 14.5 Å². The van der Waals surface area contributed by atoms with Crippen molar-refractivity contribution in [2.24, 2.45) is 0 Å². The maximum Gasteiger partial charge on any atom is 0.265 e. The van der Waals surface area contributed by atoms with Crippen LogP contribution in [-0.4, -0.2) is 25.0 Å². The van der Waals surface area contributed by atoms with Crippen LogP contribution in [0.1, 0.15) is 11.1 Å². The number of carbonyl (C=O) groups is 2. The Morgan fingerprint density at radius 3 is 2.68 bits per heavy atom. The van der Waals surface area contributed by atoms with Crippen molar-refractivity contribution in [2.75, 3.05) is 18.1 Å². The Bertz CT molecular complexity index is 1090. The van der Waals surface area contributed by atoms with Crippen LogP contribution in [0.3, 0.4) is 0 Å². The lowest BCUT2D eigenvalue weighted by Crippen LogP contribution is -2.45. The highest BCUT2D eigenvalue weighted by molar-refractivity contribution is 9.10. The third-order valence-corrected chi connectivity index (χ3v) is 5.30. The van der Waals surface area contributed by atoms with Crippen molar-refractivity contribution in [3.05, 3.63) is 88.4 Å². The van der Waals surface area contributed by atoms with E-state index in [1.165, 1.54) is 4.90 Å². The van der Waals surface area contributed by atoms with Crippen LogP contribution in [0.25, 0.3) is 0 Å². The van der Waals surface area contributed by atoms with E-state index in [-0.39, 0.29) is 25.0 Å². The number of hydrogen-bond donors (Lipinski definition) is 1. The number of anilines is 1. The van der Waals surface area contributed by atoms with Crippen molar-refractivity contribution in [3.8, 4) is 11.5 Å². The van der Waals surface area contributed by atoms with E-state index in [2.05, 4.69) is 21.2 Å². The van der Waals surface area contributed by atoms with Gasteiger partial charge in [-0.25, -0.2) is 0 Å². The van der Waals surface area contributed by atoms with Crippen molar-refractivity contribution >= 4 is 33.4 Å². The van der Waals surface area contributed by atoms with E-state index >= 15 is 0 Å². The van der Waals surface area contributed by atoms with Crippen LogP contribution >= 0.6 is 15.9 Å². The summed E-state index contributed by atoms with van der Waals surface area (Å²) in [6, 6.07) is 22.9. The predicted octanol–water partition coefficient (Wildman–Crippen LogP) is 4.07. The maximum absolute atomic E-state index is 12.5. The highest BCUT2D eigenvalue weighted by Gasteiger charge is 2.27. The summed E-state index contributed by atoms with van der Waals surface area (Å²) in [5.74, 6) is 0.810. The lowest BCUT2D eigenvalue weighted by molar-refractivity contribution is -0.125. The molecule has 158 valence electrons. The van der Waals surface area contributed by atoms with Gasteiger partial charge in [0, 0.05) is 11.0 Å². The van der Waals surface area contributed by atoms with Crippen LogP contribution in [-0.2, 0) is 22.7 Å². The zero-order valence-corrected chi connectivity index (χ0v) is 18.3. The van der Waals surface area contributed by atoms with E-state index in [4.69, 9.17) is 9.47 Å². The first-order valence-corrected chi connectivity index (χ1v) is 10.6. The van der Waals surface area contributed by atoms with Gasteiger partial charge < -0.3 is 14.8 Å². The number of benzene rings is 3. The molecule has 31 heavy (non-hydrogen) atoms. The second-order valence-electron chi connectivity index (χ2n) is 7.08. The van der Waals surface area contributed by atoms with E-state index in [0.29, 0.717) is 24.6 Å². The minimum atomic E-state index is -0.250. The van der Waals surface area contributed by atoms with Crippen LogP contribution < -0.4 is 19.7 Å². The van der Waals surface area contributed by atoms with Crippen molar-refractivity contribution in [1.82, 2.24) is 5.32 Å². The number of nitrogens with one attached hydrogen (secondary N) is 1. The molecule has 0 unspecified atom stereocenters. The predicted molar refractivity (Wildman–Crippen MR) is 121 cm³/mol. The average Bonchev–Trinajstić information content (AvgIpc) is 2.79. The molecule has 3 aromatic carbocycles. The van der Waals surface area contributed by atoms with Crippen LogP contribution in [0.2, 0.25) is 0 Å². The lowest BCUT2D eigenvalue weighted by atomic mass is 10.2. The van der Waals surface area contributed by atoms with Gasteiger partial charge in [-0.05, 0) is 41.5 Å². The molecular weight excluding hydrogens is 460 g/mol. The highest BCUT2D eigenvalue weighted by Crippen LogP contribution is 2.34. The second-order valence-corrected chi connectivity index (χ2v) is 7.99. The molecule has 0 saturated carbocycles. The summed E-state index contributed by atoms with van der Waals surface area (Å²) in [6.45, 7) is 0.664. The monoisotopic (exact) mass is 480 g/mol. The molecular formula is C24H21BrN2O4. The van der Waals surface area contributed by atoms with Crippen molar-refractivity contribution < 1.29 is 19.1 Å². The molecule has 0 atom stereocenters. The molecule has 0 bridgehead atoms. The zero-order chi connectivity index (χ0) is 21.6. The van der Waals surface area contributed by atoms with E-state index in [9.17, 15) is 9.59 Å². The molecule has 6 nitrogen and oxygen atoms in total. The van der Waals surface area contributed by atoms with Gasteiger partial charge in [-0.15, -0.1) is 0 Å². The normalized spacial score (nSPS) is 12.7. The van der Waals surface area contributed by atoms with Gasteiger partial charge in [-0.2, -0.15) is 0 Å². The van der Waals surface area contributed by atoms with Crippen molar-refractivity contribution in [1.29, 1.82) is 0 Å². The molecule has 0 radical (unpaired) electrons. The highest BCUT2D eigenvalue weighted by atomic mass is 79.9. The minimum absolute atomic E-state index is 0.0684. The number of hydrogen-bond acceptors (Lipinski definition) is 4. The SMILES string of the molecule is O=C(CN1C(=O)COc2cc(Br)ccc21)NCc1cccc(OCc2ccccc2)c1. The first kappa shape index (κ1) is 20.9. The Labute approximate surface area is 188 Å². The molecule has 0 saturated heterocycles. The number of fused-ring (bicyclic) bond motifs is 1. The maximum atomic E-state index is 12.5. The van der Waals surface area contributed by atoms with Gasteiger partial charge >= 0.3 is 0 Å². The molecule has 1 aliphatic heterocycles. The van der Waals surface area contributed by atoms with Crippen LogP contribution in [0.4, 0.5) is 5.69 Å². The Morgan fingerprint density at radius 1 is 1.03 bits per heavy atom. The van der Waals surface area contributed by atoms with Gasteiger partial charge in [0.05, 0.1) is 5.69 Å². The fourth-order valence-electron chi connectivity index (χ4n) is 3.24. The van der Waals surface area contributed by atoms with Crippen molar-refractivity contribution in [2.45, 2.75) is 13.2 Å². The molecule has 0 aliphatic carbocycles. The quantitative estimate of drug-likeness (QED) is 0.553. The number of nitrogens with zero attached hydrogens (tertiary/aromatic N) is 1. The summed E-state index contributed by atoms with van der Waals surface area (Å²) >= 11 is 3.38. The number of amides is 2. The first-order valence-electron chi connectivity index (χ1n) is 9.83. The standard InChI is InChI=1S/C24H21BrN2O4/c25-19-9-10-21-22(12-19)31-16-24(29)27(21)14-23(28)26-13-18-7-4-8-20(11-18)30-15-17-5-2-1-3-6-17/h1-12H,13-16H2,(H,26,28). The molecule has 0 aromatic heterocycles. The number of rotatable bonds is 7. The third kappa shape index (κ3) is 5.44. The Kier molecular flexibility index (Phi) is 6.52. The molecule has 1 heterocycles. The van der Waals surface area contributed by atoms with Crippen LogP contribution in [0.5, 0.6) is 11.5 Å². The smallest absolute Gasteiger partial charge is 0.265 e. The van der Waals surface area contributed by atoms with Gasteiger partial charge in [0.1, 0.15) is 24.7 Å². The summed E-state index contributed by atoms with van der Waals surface area (Å²) in [5.41, 5.74) is 2.59. The van der Waals surface area contributed by atoms with E-state index in [0.717, 1.165) is 21.3 Å². The fraction of sp³-hybridized carbons (Fsp3) is 0.167. The largest absolute Gasteiger partial charge is 0.489 e. The average molecular weight is 481 g/mol. The summed E-state index contributed by atoms with van der Waals surface area (Å²) < 4.78 is 12.1. The fourth-order valence-corrected chi connectivity index (χ4v) is 3.58. The van der Waals surface area contributed by atoms with E-state index in [1.807, 2.05) is 60.7 Å². The molecule has 4 rings (SSSR count). The zero-order valence-electron chi connectivity index (χ0n) is 16.7. The molecule has 1 N–H and O–H groups in total.